The standard InChI is InChI=1S/C26H21Cl2IN2O4/c1-2-34-23-12-17(10-21(29)24(23)35-15-18-8-9-19(27)13-20(18)28)11-22-25(32)31(26(33)30-22)14-16-6-4-3-5-7-16/h3-13H,2,14-15H2,1H3,(H,30,33)/b22-11+. The van der Waals surface area contributed by atoms with Gasteiger partial charge < -0.3 is 14.8 Å². The molecule has 3 aromatic carbocycles. The summed E-state index contributed by atoms with van der Waals surface area (Å²) < 4.78 is 12.6. The molecule has 0 spiro atoms. The molecule has 180 valence electrons. The average molecular weight is 623 g/mol. The van der Waals surface area contributed by atoms with E-state index < -0.39 is 6.03 Å². The Bertz CT molecular complexity index is 1300. The van der Waals surface area contributed by atoms with Gasteiger partial charge in [-0.2, -0.15) is 0 Å². The molecule has 0 unspecified atom stereocenters. The topological polar surface area (TPSA) is 67.9 Å². The molecule has 3 amide bonds. The first-order valence-electron chi connectivity index (χ1n) is 10.8. The number of amides is 3. The zero-order chi connectivity index (χ0) is 24.9. The molecule has 1 fully saturated rings. The summed E-state index contributed by atoms with van der Waals surface area (Å²) in [6, 6.07) is 17.8. The first-order chi connectivity index (χ1) is 16.9. The molecule has 1 saturated heterocycles. The molecule has 35 heavy (non-hydrogen) atoms. The van der Waals surface area contributed by atoms with Crippen molar-refractivity contribution < 1.29 is 19.1 Å². The number of halogens is 3. The molecule has 9 heteroatoms. The Morgan fingerprint density at radius 1 is 1.03 bits per heavy atom. The third-order valence-electron chi connectivity index (χ3n) is 5.18. The number of hydrogen-bond acceptors (Lipinski definition) is 4. The van der Waals surface area contributed by atoms with Crippen molar-refractivity contribution in [1.29, 1.82) is 0 Å². The molecule has 1 aliphatic heterocycles. The summed E-state index contributed by atoms with van der Waals surface area (Å²) in [5.41, 5.74) is 2.55. The number of benzene rings is 3. The molecule has 1 aliphatic rings. The van der Waals surface area contributed by atoms with Crippen molar-refractivity contribution in [1.82, 2.24) is 10.2 Å². The van der Waals surface area contributed by atoms with Crippen LogP contribution in [0.1, 0.15) is 23.6 Å². The van der Waals surface area contributed by atoms with E-state index in [-0.39, 0.29) is 24.8 Å². The smallest absolute Gasteiger partial charge is 0.329 e. The van der Waals surface area contributed by atoms with E-state index in [2.05, 4.69) is 27.9 Å². The van der Waals surface area contributed by atoms with Crippen molar-refractivity contribution in [3.05, 3.63) is 96.7 Å². The van der Waals surface area contributed by atoms with Gasteiger partial charge in [0.1, 0.15) is 12.3 Å². The fourth-order valence-electron chi connectivity index (χ4n) is 3.51. The van der Waals surface area contributed by atoms with Crippen LogP contribution in [-0.2, 0) is 17.9 Å². The van der Waals surface area contributed by atoms with Crippen molar-refractivity contribution in [2.45, 2.75) is 20.1 Å². The lowest BCUT2D eigenvalue weighted by Crippen LogP contribution is -2.30. The second kappa shape index (κ2) is 11.3. The number of carbonyl (C=O) groups excluding carboxylic acids is 2. The number of ether oxygens (including phenoxy) is 2. The highest BCUT2D eigenvalue weighted by Crippen LogP contribution is 2.36. The molecule has 3 aromatic rings. The van der Waals surface area contributed by atoms with E-state index in [0.717, 1.165) is 14.7 Å². The van der Waals surface area contributed by atoms with Crippen LogP contribution in [0.15, 0.2) is 66.4 Å². The highest BCUT2D eigenvalue weighted by atomic mass is 127. The maximum absolute atomic E-state index is 12.9. The van der Waals surface area contributed by atoms with Gasteiger partial charge in [0.2, 0.25) is 0 Å². The predicted octanol–water partition coefficient (Wildman–Crippen LogP) is 6.67. The monoisotopic (exact) mass is 622 g/mol. The molecule has 0 atom stereocenters. The third kappa shape index (κ3) is 6.09. The number of rotatable bonds is 8. The molecule has 0 radical (unpaired) electrons. The minimum atomic E-state index is -0.454. The number of hydrogen-bond donors (Lipinski definition) is 1. The largest absolute Gasteiger partial charge is 0.490 e. The first kappa shape index (κ1) is 25.3. The summed E-state index contributed by atoms with van der Waals surface area (Å²) in [6.45, 7) is 2.73. The summed E-state index contributed by atoms with van der Waals surface area (Å²) in [4.78, 5) is 26.5. The highest BCUT2D eigenvalue weighted by Gasteiger charge is 2.33. The molecule has 1 heterocycles. The van der Waals surface area contributed by atoms with E-state index in [1.54, 1.807) is 24.3 Å². The van der Waals surface area contributed by atoms with E-state index in [1.165, 1.54) is 4.90 Å². The Hall–Kier alpha value is -2.75. The van der Waals surface area contributed by atoms with Crippen molar-refractivity contribution >= 4 is 63.8 Å². The fraction of sp³-hybridized carbons (Fsp3) is 0.154. The van der Waals surface area contributed by atoms with E-state index in [0.29, 0.717) is 33.7 Å². The summed E-state index contributed by atoms with van der Waals surface area (Å²) in [5, 5.41) is 3.73. The second-order valence-corrected chi connectivity index (χ2v) is 9.66. The Labute approximate surface area is 226 Å². The number of nitrogens with one attached hydrogen (secondary N) is 1. The zero-order valence-electron chi connectivity index (χ0n) is 18.7. The van der Waals surface area contributed by atoms with Crippen LogP contribution in [0.25, 0.3) is 6.08 Å². The fourth-order valence-corrected chi connectivity index (χ4v) is 4.75. The normalized spacial score (nSPS) is 14.4. The first-order valence-corrected chi connectivity index (χ1v) is 12.6. The van der Waals surface area contributed by atoms with Crippen LogP contribution in [0.4, 0.5) is 4.79 Å². The van der Waals surface area contributed by atoms with Gasteiger partial charge in [-0.3, -0.25) is 9.69 Å². The quantitative estimate of drug-likeness (QED) is 0.173. The van der Waals surface area contributed by atoms with Crippen LogP contribution >= 0.6 is 45.8 Å². The van der Waals surface area contributed by atoms with Gasteiger partial charge in [0.05, 0.1) is 16.7 Å². The van der Waals surface area contributed by atoms with E-state index >= 15 is 0 Å². The molecule has 4 rings (SSSR count). The molecule has 1 N–H and O–H groups in total. The maximum Gasteiger partial charge on any atom is 0.329 e. The number of urea groups is 1. The SMILES string of the molecule is CCOc1cc(/C=C2/NC(=O)N(Cc3ccccc3)C2=O)cc(I)c1OCc1ccc(Cl)cc1Cl. The summed E-state index contributed by atoms with van der Waals surface area (Å²) >= 11 is 14.4. The Kier molecular flexibility index (Phi) is 8.20. The van der Waals surface area contributed by atoms with Crippen molar-refractivity contribution in [2.24, 2.45) is 0 Å². The lowest BCUT2D eigenvalue weighted by Gasteiger charge is -2.15. The van der Waals surface area contributed by atoms with Crippen LogP contribution in [0.5, 0.6) is 11.5 Å². The van der Waals surface area contributed by atoms with Gasteiger partial charge in [-0.05, 0) is 71.0 Å². The Morgan fingerprint density at radius 3 is 2.51 bits per heavy atom. The second-order valence-electron chi connectivity index (χ2n) is 7.65. The van der Waals surface area contributed by atoms with Gasteiger partial charge in [-0.15, -0.1) is 0 Å². The lowest BCUT2D eigenvalue weighted by atomic mass is 10.1. The number of nitrogens with zero attached hydrogens (tertiary/aromatic N) is 1. The van der Waals surface area contributed by atoms with Crippen molar-refractivity contribution in [2.75, 3.05) is 6.61 Å². The third-order valence-corrected chi connectivity index (χ3v) is 6.56. The predicted molar refractivity (Wildman–Crippen MR) is 145 cm³/mol. The molecule has 0 saturated carbocycles. The lowest BCUT2D eigenvalue weighted by molar-refractivity contribution is -0.123. The highest BCUT2D eigenvalue weighted by molar-refractivity contribution is 14.1. The molecular weight excluding hydrogens is 602 g/mol. The number of carbonyl (C=O) groups is 2. The van der Waals surface area contributed by atoms with E-state index in [9.17, 15) is 9.59 Å². The summed E-state index contributed by atoms with van der Waals surface area (Å²) in [7, 11) is 0. The van der Waals surface area contributed by atoms with Crippen LogP contribution in [0.2, 0.25) is 10.0 Å². The molecular formula is C26H21Cl2IN2O4. The Balaban J connectivity index is 1.56. The van der Waals surface area contributed by atoms with Gasteiger partial charge in [0.15, 0.2) is 11.5 Å². The minimum Gasteiger partial charge on any atom is -0.490 e. The molecule has 6 nitrogen and oxygen atoms in total. The van der Waals surface area contributed by atoms with Gasteiger partial charge in [0, 0.05) is 15.6 Å². The number of imide groups is 1. The summed E-state index contributed by atoms with van der Waals surface area (Å²) in [5.74, 6) is 0.701. The Morgan fingerprint density at radius 2 is 1.80 bits per heavy atom. The van der Waals surface area contributed by atoms with E-state index in [1.807, 2.05) is 49.4 Å². The van der Waals surface area contributed by atoms with Gasteiger partial charge >= 0.3 is 6.03 Å². The van der Waals surface area contributed by atoms with Crippen molar-refractivity contribution in [3.63, 3.8) is 0 Å². The van der Waals surface area contributed by atoms with Crippen LogP contribution in [-0.4, -0.2) is 23.4 Å². The maximum atomic E-state index is 12.9. The van der Waals surface area contributed by atoms with Gasteiger partial charge in [0.25, 0.3) is 5.91 Å². The molecule has 0 aliphatic carbocycles. The van der Waals surface area contributed by atoms with E-state index in [4.69, 9.17) is 32.7 Å². The van der Waals surface area contributed by atoms with Gasteiger partial charge in [-0.25, -0.2) is 4.79 Å². The zero-order valence-corrected chi connectivity index (χ0v) is 22.4. The van der Waals surface area contributed by atoms with Crippen molar-refractivity contribution in [3.8, 4) is 11.5 Å². The molecule has 0 aromatic heterocycles. The van der Waals surface area contributed by atoms with Crippen LogP contribution in [0, 0.1) is 3.57 Å². The van der Waals surface area contributed by atoms with Crippen LogP contribution in [0.3, 0.4) is 0 Å². The summed E-state index contributed by atoms with van der Waals surface area (Å²) in [6.07, 6.45) is 1.63. The minimum absolute atomic E-state index is 0.199. The molecule has 0 bridgehead atoms. The van der Waals surface area contributed by atoms with Gasteiger partial charge in [-0.1, -0.05) is 59.6 Å². The average Bonchev–Trinajstić information content (AvgIpc) is 3.08. The van der Waals surface area contributed by atoms with Crippen LogP contribution < -0.4 is 14.8 Å².